The smallest absolute Gasteiger partial charge is 0.230 e. The third kappa shape index (κ3) is 2.41. The van der Waals surface area contributed by atoms with Crippen LogP contribution < -0.4 is 5.32 Å². The van der Waals surface area contributed by atoms with Gasteiger partial charge in [0.15, 0.2) is 0 Å². The predicted molar refractivity (Wildman–Crippen MR) is 59.3 cm³/mol. The van der Waals surface area contributed by atoms with E-state index < -0.39 is 0 Å². The van der Waals surface area contributed by atoms with Crippen LogP contribution in [0.25, 0.3) is 0 Å². The minimum absolute atomic E-state index is 0.482. The maximum Gasteiger partial charge on any atom is 0.230 e. The van der Waals surface area contributed by atoms with Crippen LogP contribution in [0.2, 0.25) is 5.02 Å². The molecule has 0 aliphatic carbocycles. The van der Waals surface area contributed by atoms with Gasteiger partial charge < -0.3 is 5.32 Å². The first-order valence-electron chi connectivity index (χ1n) is 4.41. The van der Waals surface area contributed by atoms with Crippen molar-refractivity contribution >= 4 is 23.2 Å². The Kier molecular flexibility index (Phi) is 2.78. The molecule has 0 radical (unpaired) electrons. The van der Waals surface area contributed by atoms with E-state index in [0.29, 0.717) is 11.0 Å². The van der Waals surface area contributed by atoms with Crippen molar-refractivity contribution in [1.29, 1.82) is 0 Å². The Balaban J connectivity index is 2.25. The maximum atomic E-state index is 6.05. The van der Waals surface area contributed by atoms with Gasteiger partial charge in [-0.25, -0.2) is 15.0 Å². The van der Waals surface area contributed by atoms with Gasteiger partial charge in [0.05, 0.1) is 10.7 Å². The van der Waals surface area contributed by atoms with Crippen molar-refractivity contribution in [2.24, 2.45) is 0 Å². The Labute approximate surface area is 92.4 Å². The summed E-state index contributed by atoms with van der Waals surface area (Å²) >= 11 is 6.05. The van der Waals surface area contributed by atoms with E-state index in [9.17, 15) is 0 Å². The molecule has 1 aromatic carbocycles. The summed E-state index contributed by atoms with van der Waals surface area (Å²) in [5.74, 6) is 0.482. The van der Waals surface area contributed by atoms with Crippen molar-refractivity contribution in [3.8, 4) is 0 Å². The van der Waals surface area contributed by atoms with Crippen molar-refractivity contribution in [2.75, 3.05) is 5.32 Å². The third-order valence-corrected chi connectivity index (χ3v) is 2.18. The molecule has 5 heteroatoms. The SMILES string of the molecule is Cc1ccc(Nc2ncncn2)c(Cl)c1. The molecule has 0 aliphatic rings. The van der Waals surface area contributed by atoms with Crippen molar-refractivity contribution in [2.45, 2.75) is 6.92 Å². The topological polar surface area (TPSA) is 50.7 Å². The molecule has 1 N–H and O–H groups in total. The number of hydrogen-bond donors (Lipinski definition) is 1. The fourth-order valence-corrected chi connectivity index (χ4v) is 1.43. The number of aryl methyl sites for hydroxylation is 1. The van der Waals surface area contributed by atoms with E-state index >= 15 is 0 Å². The Hall–Kier alpha value is -1.68. The van der Waals surface area contributed by atoms with Gasteiger partial charge in [0.1, 0.15) is 12.7 Å². The van der Waals surface area contributed by atoms with Crippen LogP contribution in [0.4, 0.5) is 11.6 Å². The Morgan fingerprint density at radius 3 is 2.60 bits per heavy atom. The summed E-state index contributed by atoms with van der Waals surface area (Å²) < 4.78 is 0. The molecule has 4 nitrogen and oxygen atoms in total. The average Bonchev–Trinajstić information content (AvgIpc) is 2.24. The minimum atomic E-state index is 0.482. The second-order valence-corrected chi connectivity index (χ2v) is 3.48. The van der Waals surface area contributed by atoms with Crippen LogP contribution >= 0.6 is 11.6 Å². The summed E-state index contributed by atoms with van der Waals surface area (Å²) in [6.45, 7) is 1.98. The monoisotopic (exact) mass is 220 g/mol. The van der Waals surface area contributed by atoms with E-state index in [1.165, 1.54) is 12.7 Å². The molecule has 1 heterocycles. The number of nitrogens with zero attached hydrogens (tertiary/aromatic N) is 3. The fourth-order valence-electron chi connectivity index (χ4n) is 1.15. The molecule has 0 spiro atoms. The van der Waals surface area contributed by atoms with Crippen molar-refractivity contribution < 1.29 is 0 Å². The summed E-state index contributed by atoms with van der Waals surface area (Å²) in [5.41, 5.74) is 1.90. The van der Waals surface area contributed by atoms with E-state index in [2.05, 4.69) is 20.3 Å². The highest BCUT2D eigenvalue weighted by molar-refractivity contribution is 6.33. The Morgan fingerprint density at radius 2 is 1.93 bits per heavy atom. The zero-order valence-corrected chi connectivity index (χ0v) is 8.86. The first-order valence-corrected chi connectivity index (χ1v) is 4.78. The van der Waals surface area contributed by atoms with E-state index in [1.807, 2.05) is 25.1 Å². The lowest BCUT2D eigenvalue weighted by Gasteiger charge is -2.06. The summed E-state index contributed by atoms with van der Waals surface area (Å²) in [4.78, 5) is 11.6. The van der Waals surface area contributed by atoms with Crippen LogP contribution in [-0.2, 0) is 0 Å². The van der Waals surface area contributed by atoms with Crippen LogP contribution in [0.1, 0.15) is 5.56 Å². The molecular formula is C10H9ClN4. The number of anilines is 2. The largest absolute Gasteiger partial charge is 0.323 e. The zero-order chi connectivity index (χ0) is 10.7. The molecule has 0 amide bonds. The fraction of sp³-hybridized carbons (Fsp3) is 0.100. The molecule has 0 saturated carbocycles. The van der Waals surface area contributed by atoms with Crippen LogP contribution in [0.3, 0.4) is 0 Å². The van der Waals surface area contributed by atoms with Gasteiger partial charge in [-0.3, -0.25) is 0 Å². The molecule has 0 bridgehead atoms. The minimum Gasteiger partial charge on any atom is -0.323 e. The molecule has 15 heavy (non-hydrogen) atoms. The van der Waals surface area contributed by atoms with Gasteiger partial charge in [-0.2, -0.15) is 0 Å². The van der Waals surface area contributed by atoms with Gasteiger partial charge >= 0.3 is 0 Å². The first kappa shape index (κ1) is 9.86. The van der Waals surface area contributed by atoms with Crippen molar-refractivity contribution in [3.63, 3.8) is 0 Å². The number of hydrogen-bond acceptors (Lipinski definition) is 4. The number of benzene rings is 1. The highest BCUT2D eigenvalue weighted by Crippen LogP contribution is 2.24. The highest BCUT2D eigenvalue weighted by atomic mass is 35.5. The van der Waals surface area contributed by atoms with Gasteiger partial charge in [-0.1, -0.05) is 17.7 Å². The number of nitrogens with one attached hydrogen (secondary N) is 1. The van der Waals surface area contributed by atoms with E-state index in [-0.39, 0.29) is 0 Å². The molecule has 0 fully saturated rings. The lowest BCUT2D eigenvalue weighted by atomic mass is 10.2. The van der Waals surface area contributed by atoms with Gasteiger partial charge in [0, 0.05) is 0 Å². The Morgan fingerprint density at radius 1 is 1.20 bits per heavy atom. The summed E-state index contributed by atoms with van der Waals surface area (Å²) in [6.07, 6.45) is 2.86. The summed E-state index contributed by atoms with van der Waals surface area (Å²) in [7, 11) is 0. The van der Waals surface area contributed by atoms with Gasteiger partial charge in [0.2, 0.25) is 5.95 Å². The highest BCUT2D eigenvalue weighted by Gasteiger charge is 2.01. The standard InChI is InChI=1S/C10H9ClN4/c1-7-2-3-9(8(11)4-7)15-10-13-5-12-6-14-10/h2-6H,1H3,(H,12,13,14,15). The normalized spacial score (nSPS) is 10.0. The van der Waals surface area contributed by atoms with Gasteiger partial charge in [-0.05, 0) is 24.6 Å². The third-order valence-electron chi connectivity index (χ3n) is 1.86. The van der Waals surface area contributed by atoms with E-state index in [1.54, 1.807) is 0 Å². The Bertz CT molecular complexity index is 458. The molecule has 2 aromatic rings. The van der Waals surface area contributed by atoms with Gasteiger partial charge in [-0.15, -0.1) is 0 Å². The lowest BCUT2D eigenvalue weighted by Crippen LogP contribution is -1.97. The molecule has 2 rings (SSSR count). The molecule has 0 aliphatic heterocycles. The molecule has 0 atom stereocenters. The van der Waals surface area contributed by atoms with Crippen molar-refractivity contribution in [1.82, 2.24) is 15.0 Å². The zero-order valence-electron chi connectivity index (χ0n) is 8.11. The first-order chi connectivity index (χ1) is 7.25. The molecule has 0 unspecified atom stereocenters. The van der Waals surface area contributed by atoms with Crippen LogP contribution in [-0.4, -0.2) is 15.0 Å². The second-order valence-electron chi connectivity index (χ2n) is 3.07. The van der Waals surface area contributed by atoms with Crippen molar-refractivity contribution in [3.05, 3.63) is 41.4 Å². The molecule has 1 aromatic heterocycles. The molecule has 0 saturated heterocycles. The van der Waals surface area contributed by atoms with Gasteiger partial charge in [0.25, 0.3) is 0 Å². The lowest BCUT2D eigenvalue weighted by molar-refractivity contribution is 1.05. The summed E-state index contributed by atoms with van der Waals surface area (Å²) in [6, 6.07) is 5.74. The number of halogens is 1. The number of rotatable bonds is 2. The van der Waals surface area contributed by atoms with Crippen LogP contribution in [0.15, 0.2) is 30.9 Å². The molecular weight excluding hydrogens is 212 g/mol. The summed E-state index contributed by atoms with van der Waals surface area (Å²) in [5, 5.41) is 3.65. The maximum absolute atomic E-state index is 6.05. The van der Waals surface area contributed by atoms with E-state index in [4.69, 9.17) is 11.6 Å². The molecule has 76 valence electrons. The van der Waals surface area contributed by atoms with Crippen LogP contribution in [0.5, 0.6) is 0 Å². The quantitative estimate of drug-likeness (QED) is 0.845. The second kappa shape index (κ2) is 4.23. The van der Waals surface area contributed by atoms with E-state index in [0.717, 1.165) is 11.3 Å². The predicted octanol–water partition coefficient (Wildman–Crippen LogP) is 2.58. The average molecular weight is 221 g/mol. The van der Waals surface area contributed by atoms with Crippen LogP contribution in [0, 0.1) is 6.92 Å². The number of aromatic nitrogens is 3.